The van der Waals surface area contributed by atoms with Crippen LogP contribution in [0.3, 0.4) is 0 Å². The number of likely N-dealkylation sites (tertiary alicyclic amines) is 1. The van der Waals surface area contributed by atoms with E-state index in [0.717, 1.165) is 80.2 Å². The number of amides is 1. The van der Waals surface area contributed by atoms with E-state index < -0.39 is 0 Å². The molecule has 2 aromatic heterocycles. The van der Waals surface area contributed by atoms with Crippen LogP contribution in [0, 0.1) is 12.8 Å². The topological polar surface area (TPSA) is 92.7 Å². The largest absolute Gasteiger partial charge is 0.481 e. The van der Waals surface area contributed by atoms with Crippen LogP contribution in [0.25, 0.3) is 0 Å². The summed E-state index contributed by atoms with van der Waals surface area (Å²) in [6, 6.07) is 2.32. The van der Waals surface area contributed by atoms with Crippen molar-refractivity contribution < 1.29 is 14.3 Å². The molecule has 1 atom stereocenters. The number of hydrogen-bond donors (Lipinski definition) is 1. The molecule has 33 heavy (non-hydrogen) atoms. The number of rotatable bonds is 5. The van der Waals surface area contributed by atoms with E-state index in [1.807, 2.05) is 18.0 Å². The number of ether oxygens (including phenoxy) is 2. The maximum Gasteiger partial charge on any atom is 0.225 e. The van der Waals surface area contributed by atoms with Crippen LogP contribution in [0.1, 0.15) is 36.1 Å². The molecule has 0 saturated carbocycles. The number of pyridine rings is 1. The lowest BCUT2D eigenvalue weighted by molar-refractivity contribution is -0.137. The maximum atomic E-state index is 12.9. The van der Waals surface area contributed by atoms with Gasteiger partial charge in [-0.2, -0.15) is 0 Å². The summed E-state index contributed by atoms with van der Waals surface area (Å²) in [5, 5.41) is 3.63. The molecule has 0 radical (unpaired) electrons. The van der Waals surface area contributed by atoms with Gasteiger partial charge in [-0.25, -0.2) is 15.0 Å². The lowest BCUT2D eigenvalue weighted by Gasteiger charge is -2.31. The Morgan fingerprint density at radius 2 is 2.03 bits per heavy atom. The molecule has 5 rings (SSSR count). The van der Waals surface area contributed by atoms with Gasteiger partial charge in [-0.15, -0.1) is 0 Å². The normalized spacial score (nSPS) is 21.1. The molecular formula is C24H32N6O3. The van der Waals surface area contributed by atoms with Crippen molar-refractivity contribution in [1.82, 2.24) is 19.9 Å². The Hall–Kier alpha value is -2.94. The number of fused-ring (bicyclic) bond motifs is 1. The highest BCUT2D eigenvalue weighted by Crippen LogP contribution is 2.30. The van der Waals surface area contributed by atoms with Crippen LogP contribution < -0.4 is 15.0 Å². The number of hydrogen-bond acceptors (Lipinski definition) is 8. The van der Waals surface area contributed by atoms with Crippen molar-refractivity contribution in [3.63, 3.8) is 0 Å². The average Bonchev–Trinajstić information content (AvgIpc) is 3.32. The lowest BCUT2D eigenvalue weighted by atomic mass is 9.99. The van der Waals surface area contributed by atoms with Gasteiger partial charge in [0, 0.05) is 68.9 Å². The van der Waals surface area contributed by atoms with E-state index in [1.165, 1.54) is 0 Å². The van der Waals surface area contributed by atoms with Gasteiger partial charge in [0.25, 0.3) is 0 Å². The Labute approximate surface area is 194 Å². The summed E-state index contributed by atoms with van der Waals surface area (Å²) in [4.78, 5) is 30.8. The third-order valence-corrected chi connectivity index (χ3v) is 6.99. The van der Waals surface area contributed by atoms with Crippen molar-refractivity contribution >= 4 is 17.4 Å². The summed E-state index contributed by atoms with van der Waals surface area (Å²) in [6.45, 7) is 6.52. The zero-order valence-corrected chi connectivity index (χ0v) is 19.4. The van der Waals surface area contributed by atoms with Crippen LogP contribution in [-0.2, 0) is 22.5 Å². The van der Waals surface area contributed by atoms with Crippen LogP contribution in [0.2, 0.25) is 0 Å². The number of carbonyl (C=O) groups is 1. The summed E-state index contributed by atoms with van der Waals surface area (Å²) < 4.78 is 10.7. The number of carbonyl (C=O) groups excluding carboxylic acids is 1. The highest BCUT2D eigenvalue weighted by molar-refractivity contribution is 5.79. The summed E-state index contributed by atoms with van der Waals surface area (Å²) >= 11 is 0. The number of anilines is 2. The zero-order chi connectivity index (χ0) is 22.8. The monoisotopic (exact) mass is 452 g/mol. The molecule has 0 bridgehead atoms. The van der Waals surface area contributed by atoms with E-state index in [9.17, 15) is 4.79 Å². The Bertz CT molecular complexity index is 1010. The van der Waals surface area contributed by atoms with Crippen molar-refractivity contribution in [3.8, 4) is 5.88 Å². The Morgan fingerprint density at radius 3 is 2.82 bits per heavy atom. The van der Waals surface area contributed by atoms with E-state index in [2.05, 4.69) is 31.2 Å². The number of aryl methyl sites for hydroxylation is 1. The molecule has 2 saturated heterocycles. The number of nitrogens with one attached hydrogen (secondary N) is 1. The molecule has 3 aliphatic rings. The summed E-state index contributed by atoms with van der Waals surface area (Å²) in [7, 11) is 1.64. The number of nitrogens with zero attached hydrogens (tertiary/aromatic N) is 5. The van der Waals surface area contributed by atoms with Gasteiger partial charge in [-0.1, -0.05) is 0 Å². The van der Waals surface area contributed by atoms with E-state index >= 15 is 0 Å². The smallest absolute Gasteiger partial charge is 0.225 e. The molecule has 0 aliphatic carbocycles. The predicted octanol–water partition coefficient (Wildman–Crippen LogP) is 2.19. The van der Waals surface area contributed by atoms with Crippen molar-refractivity contribution in [2.45, 2.75) is 45.2 Å². The first-order chi connectivity index (χ1) is 16.1. The number of methoxy groups -OCH3 is 1. The Balaban J connectivity index is 1.27. The fourth-order valence-electron chi connectivity index (χ4n) is 5.09. The molecule has 9 heteroatoms. The van der Waals surface area contributed by atoms with Gasteiger partial charge in [0.15, 0.2) is 0 Å². The number of aromatic nitrogens is 3. The second kappa shape index (κ2) is 9.51. The first-order valence-electron chi connectivity index (χ1n) is 11.8. The summed E-state index contributed by atoms with van der Waals surface area (Å²) in [6.07, 6.45) is 6.97. The van der Waals surface area contributed by atoms with Gasteiger partial charge in [0.05, 0.1) is 24.7 Å². The van der Waals surface area contributed by atoms with Crippen molar-refractivity contribution in [3.05, 3.63) is 35.4 Å². The first kappa shape index (κ1) is 21.9. The molecule has 1 unspecified atom stereocenters. The van der Waals surface area contributed by atoms with E-state index in [4.69, 9.17) is 9.47 Å². The highest BCUT2D eigenvalue weighted by atomic mass is 16.5. The Morgan fingerprint density at radius 1 is 1.18 bits per heavy atom. The van der Waals surface area contributed by atoms with Crippen molar-refractivity contribution in [1.29, 1.82) is 0 Å². The molecule has 0 aromatic carbocycles. The van der Waals surface area contributed by atoms with Gasteiger partial charge in [-0.05, 0) is 32.3 Å². The molecule has 3 aliphatic heterocycles. The fourth-order valence-corrected chi connectivity index (χ4v) is 5.09. The summed E-state index contributed by atoms with van der Waals surface area (Å²) in [5.74, 6) is 1.93. The molecule has 9 nitrogen and oxygen atoms in total. The van der Waals surface area contributed by atoms with Crippen LogP contribution in [0.4, 0.5) is 11.5 Å². The lowest BCUT2D eigenvalue weighted by Crippen LogP contribution is -2.38. The van der Waals surface area contributed by atoms with Gasteiger partial charge >= 0.3 is 0 Å². The van der Waals surface area contributed by atoms with Crippen molar-refractivity contribution in [2.24, 2.45) is 5.92 Å². The molecule has 0 spiro atoms. The second-order valence-corrected chi connectivity index (χ2v) is 9.14. The van der Waals surface area contributed by atoms with Crippen LogP contribution in [0.5, 0.6) is 5.88 Å². The average molecular weight is 453 g/mol. The predicted molar refractivity (Wildman–Crippen MR) is 124 cm³/mol. The quantitative estimate of drug-likeness (QED) is 0.738. The minimum Gasteiger partial charge on any atom is -0.481 e. The molecule has 1 N–H and O–H groups in total. The van der Waals surface area contributed by atoms with E-state index in [-0.39, 0.29) is 17.9 Å². The summed E-state index contributed by atoms with van der Waals surface area (Å²) in [5.41, 5.74) is 4.31. The van der Waals surface area contributed by atoms with Gasteiger partial charge in [-0.3, -0.25) is 4.79 Å². The maximum absolute atomic E-state index is 12.9. The molecular weight excluding hydrogens is 420 g/mol. The molecule has 1 amide bonds. The van der Waals surface area contributed by atoms with Crippen LogP contribution >= 0.6 is 0 Å². The minimum absolute atomic E-state index is 0.111. The molecule has 2 aromatic rings. The van der Waals surface area contributed by atoms with Gasteiger partial charge < -0.3 is 24.6 Å². The molecule has 5 heterocycles. The van der Waals surface area contributed by atoms with Crippen LogP contribution in [-0.4, -0.2) is 71.8 Å². The van der Waals surface area contributed by atoms with E-state index in [0.29, 0.717) is 19.1 Å². The second-order valence-electron chi connectivity index (χ2n) is 9.14. The van der Waals surface area contributed by atoms with Crippen LogP contribution in [0.15, 0.2) is 18.6 Å². The zero-order valence-electron chi connectivity index (χ0n) is 19.4. The molecule has 176 valence electrons. The van der Waals surface area contributed by atoms with Crippen molar-refractivity contribution in [2.75, 3.05) is 50.2 Å². The highest BCUT2D eigenvalue weighted by Gasteiger charge is 2.32. The first-order valence-corrected chi connectivity index (χ1v) is 11.8. The van der Waals surface area contributed by atoms with Gasteiger partial charge in [0.1, 0.15) is 12.1 Å². The standard InChI is InChI=1S/C24H32N6O3/c1-16-11-19(12-25-23(16)32-2)29-8-4-21-20(14-29)22(27-15-26-21)28-18-3-7-30(13-18)24(31)17-5-9-33-10-6-17/h11-12,15,17-18H,3-10,13-14H2,1-2H3,(H,26,27,28). The fraction of sp³-hybridized carbons (Fsp3) is 0.583. The Kier molecular flexibility index (Phi) is 6.30. The SMILES string of the molecule is COc1ncc(N2CCc3ncnc(NC4CCN(C(=O)C5CCOCC5)C4)c3C2)cc1C. The van der Waals surface area contributed by atoms with Gasteiger partial charge in [0.2, 0.25) is 11.8 Å². The molecule has 2 fully saturated rings. The third-order valence-electron chi connectivity index (χ3n) is 6.99. The van der Waals surface area contributed by atoms with E-state index in [1.54, 1.807) is 13.4 Å². The minimum atomic E-state index is 0.111. The third kappa shape index (κ3) is 4.59.